The van der Waals surface area contributed by atoms with Crippen molar-refractivity contribution in [3.05, 3.63) is 12.7 Å². The van der Waals surface area contributed by atoms with Crippen molar-refractivity contribution in [2.24, 2.45) is 0 Å². The van der Waals surface area contributed by atoms with E-state index in [9.17, 15) is 26.2 Å². The Morgan fingerprint density at radius 1 is 1.48 bits per heavy atom. The van der Waals surface area contributed by atoms with Gasteiger partial charge < -0.3 is 14.4 Å². The van der Waals surface area contributed by atoms with Gasteiger partial charge >= 0.3 is 0 Å². The number of rotatable bonds is 7. The molecule has 134 valence electrons. The first-order valence-corrected chi connectivity index (χ1v) is 10.4. The molecular formula is C13H24N2O6S2. The van der Waals surface area contributed by atoms with Crippen LogP contribution in [-0.2, 0) is 24.7 Å². The Bertz CT molecular complexity index is 683. The molecule has 0 aromatic rings. The largest absolute Gasteiger partial charge is 0.748 e. The number of carbonyl (C=O) groups is 1. The standard InChI is InChI=1S/C13H24N2O6S2/c1-5-7-15(3,4)8-6-12(16)14-13(2)10-22(17,18)9-11(13)23(19,20)21/h5,11H,1,6-10H2,2-4H3,(H-,14,16,19,20,21)/t11-,13-/m0/s1. The van der Waals surface area contributed by atoms with Gasteiger partial charge in [-0.2, -0.15) is 0 Å². The van der Waals surface area contributed by atoms with Crippen LogP contribution < -0.4 is 5.32 Å². The molecule has 1 aliphatic heterocycles. The number of quaternary nitrogens is 1. The number of sulfone groups is 1. The Hall–Kier alpha value is -0.970. The molecule has 10 heteroatoms. The second kappa shape index (κ2) is 6.50. The third-order valence-electron chi connectivity index (χ3n) is 3.98. The van der Waals surface area contributed by atoms with Gasteiger partial charge in [-0.25, -0.2) is 16.8 Å². The van der Waals surface area contributed by atoms with Gasteiger partial charge in [-0.05, 0) is 13.0 Å². The molecule has 1 rings (SSSR count). The van der Waals surface area contributed by atoms with Gasteiger partial charge in [0.15, 0.2) is 9.84 Å². The second-order valence-corrected chi connectivity index (χ2v) is 10.5. The van der Waals surface area contributed by atoms with Crippen molar-refractivity contribution in [1.29, 1.82) is 0 Å². The van der Waals surface area contributed by atoms with Crippen LogP contribution in [0.15, 0.2) is 12.7 Å². The van der Waals surface area contributed by atoms with Crippen molar-refractivity contribution in [1.82, 2.24) is 5.32 Å². The fraction of sp³-hybridized carbons (Fsp3) is 0.769. The first-order chi connectivity index (χ1) is 10.2. The van der Waals surface area contributed by atoms with Gasteiger partial charge in [-0.3, -0.25) is 4.79 Å². The molecule has 8 nitrogen and oxygen atoms in total. The SMILES string of the molecule is C=CC[N+](C)(C)CCC(=O)N[C@@]1(C)CS(=O)(=O)C[C@@H]1S(=O)(=O)[O-]. The topological polar surface area (TPSA) is 120 Å². The lowest BCUT2D eigenvalue weighted by molar-refractivity contribution is -0.883. The number of hydrogen-bond acceptors (Lipinski definition) is 6. The highest BCUT2D eigenvalue weighted by molar-refractivity contribution is 7.94. The molecule has 1 fully saturated rings. The summed E-state index contributed by atoms with van der Waals surface area (Å²) in [5, 5.41) is 0.782. The molecule has 0 aliphatic carbocycles. The van der Waals surface area contributed by atoms with Gasteiger partial charge in [0, 0.05) is 0 Å². The Morgan fingerprint density at radius 3 is 2.52 bits per heavy atom. The van der Waals surface area contributed by atoms with E-state index in [-0.39, 0.29) is 6.42 Å². The molecule has 1 N–H and O–H groups in total. The average molecular weight is 368 g/mol. The average Bonchev–Trinajstić information content (AvgIpc) is 2.56. The fourth-order valence-corrected chi connectivity index (χ4v) is 7.08. The first-order valence-electron chi connectivity index (χ1n) is 7.10. The van der Waals surface area contributed by atoms with Crippen molar-refractivity contribution >= 4 is 25.9 Å². The summed E-state index contributed by atoms with van der Waals surface area (Å²) < 4.78 is 58.0. The molecular weight excluding hydrogens is 344 g/mol. The summed E-state index contributed by atoms with van der Waals surface area (Å²) in [6, 6.07) is 0. The number of hydrogen-bond donors (Lipinski definition) is 1. The Balaban J connectivity index is 2.84. The van der Waals surface area contributed by atoms with Crippen molar-refractivity contribution in [3.8, 4) is 0 Å². The summed E-state index contributed by atoms with van der Waals surface area (Å²) in [6.07, 6.45) is 1.81. The summed E-state index contributed by atoms with van der Waals surface area (Å²) in [5.41, 5.74) is -1.59. The van der Waals surface area contributed by atoms with E-state index in [1.165, 1.54) is 6.92 Å². The Morgan fingerprint density at radius 2 is 2.04 bits per heavy atom. The van der Waals surface area contributed by atoms with E-state index in [0.29, 0.717) is 17.6 Å². The molecule has 0 aromatic carbocycles. The van der Waals surface area contributed by atoms with Crippen LogP contribution in [0.3, 0.4) is 0 Å². The van der Waals surface area contributed by atoms with Crippen LogP contribution in [0.5, 0.6) is 0 Å². The number of carbonyl (C=O) groups excluding carboxylic acids is 1. The van der Waals surface area contributed by atoms with Gasteiger partial charge in [0.25, 0.3) is 0 Å². The first kappa shape index (κ1) is 20.1. The lowest BCUT2D eigenvalue weighted by atomic mass is 10.0. The third-order valence-corrected chi connectivity index (χ3v) is 7.45. The molecule has 0 bridgehead atoms. The highest BCUT2D eigenvalue weighted by Gasteiger charge is 2.51. The van der Waals surface area contributed by atoms with Gasteiger partial charge in [-0.1, -0.05) is 6.58 Å². The van der Waals surface area contributed by atoms with Crippen LogP contribution in [0.2, 0.25) is 0 Å². The number of likely N-dealkylation sites (N-methyl/N-ethyl adjacent to an activating group) is 1. The normalized spacial score (nSPS) is 27.6. The summed E-state index contributed by atoms with van der Waals surface area (Å²) in [7, 11) is -4.73. The summed E-state index contributed by atoms with van der Waals surface area (Å²) in [5.74, 6) is -1.79. The van der Waals surface area contributed by atoms with Crippen LogP contribution in [-0.4, -0.2) is 81.3 Å². The Labute approximate surface area is 137 Å². The minimum atomic E-state index is -4.84. The van der Waals surface area contributed by atoms with Gasteiger partial charge in [-0.15, -0.1) is 0 Å². The van der Waals surface area contributed by atoms with E-state index in [0.717, 1.165) is 0 Å². The summed E-state index contributed by atoms with van der Waals surface area (Å²) in [4.78, 5) is 12.1. The monoisotopic (exact) mass is 368 g/mol. The third kappa shape index (κ3) is 5.55. The molecule has 1 aliphatic rings. The highest BCUT2D eigenvalue weighted by Crippen LogP contribution is 2.28. The van der Waals surface area contributed by atoms with Crippen molar-refractivity contribution in [2.75, 3.05) is 38.7 Å². The lowest BCUT2D eigenvalue weighted by Crippen LogP contribution is -2.57. The quantitative estimate of drug-likeness (QED) is 0.344. The van der Waals surface area contributed by atoms with E-state index >= 15 is 0 Å². The molecule has 0 spiro atoms. The van der Waals surface area contributed by atoms with Gasteiger partial charge in [0.05, 0.1) is 55.9 Å². The zero-order valence-corrected chi connectivity index (χ0v) is 15.2. The van der Waals surface area contributed by atoms with Crippen molar-refractivity contribution in [2.45, 2.75) is 24.1 Å². The van der Waals surface area contributed by atoms with Crippen molar-refractivity contribution in [3.63, 3.8) is 0 Å². The van der Waals surface area contributed by atoms with Crippen LogP contribution in [0, 0.1) is 0 Å². The zero-order valence-electron chi connectivity index (χ0n) is 13.6. The molecule has 2 atom stereocenters. The summed E-state index contributed by atoms with van der Waals surface area (Å²) in [6.45, 7) is 6.04. The van der Waals surface area contributed by atoms with Crippen LogP contribution >= 0.6 is 0 Å². The number of amides is 1. The predicted octanol–water partition coefficient (Wildman–Crippen LogP) is -1.14. The zero-order chi connectivity index (χ0) is 18.1. The minimum Gasteiger partial charge on any atom is -0.748 e. The maximum atomic E-state index is 12.1. The highest BCUT2D eigenvalue weighted by atomic mass is 32.2. The lowest BCUT2D eigenvalue weighted by Gasteiger charge is -2.33. The van der Waals surface area contributed by atoms with E-state index < -0.39 is 48.2 Å². The minimum absolute atomic E-state index is 0.0854. The molecule has 1 saturated heterocycles. The van der Waals surface area contributed by atoms with Gasteiger partial charge in [0.2, 0.25) is 5.91 Å². The van der Waals surface area contributed by atoms with E-state index in [2.05, 4.69) is 11.9 Å². The summed E-state index contributed by atoms with van der Waals surface area (Å²) >= 11 is 0. The molecule has 1 heterocycles. The smallest absolute Gasteiger partial charge is 0.226 e. The number of nitrogens with zero attached hydrogens (tertiary/aromatic N) is 1. The second-order valence-electron chi connectivity index (χ2n) is 6.88. The molecule has 1 amide bonds. The maximum absolute atomic E-state index is 12.1. The predicted molar refractivity (Wildman–Crippen MR) is 85.3 cm³/mol. The van der Waals surface area contributed by atoms with E-state index in [4.69, 9.17) is 0 Å². The van der Waals surface area contributed by atoms with Crippen LogP contribution in [0.4, 0.5) is 0 Å². The van der Waals surface area contributed by atoms with E-state index in [1.807, 2.05) is 14.1 Å². The van der Waals surface area contributed by atoms with Crippen LogP contribution in [0.25, 0.3) is 0 Å². The Kier molecular flexibility index (Phi) is 5.67. The van der Waals surface area contributed by atoms with Crippen molar-refractivity contribution < 1.29 is 30.7 Å². The van der Waals surface area contributed by atoms with E-state index in [1.54, 1.807) is 6.08 Å². The molecule has 0 aromatic heterocycles. The molecule has 0 radical (unpaired) electrons. The molecule has 0 saturated carbocycles. The molecule has 0 unspecified atom stereocenters. The van der Waals surface area contributed by atoms with Crippen LogP contribution in [0.1, 0.15) is 13.3 Å². The fourth-order valence-electron chi connectivity index (χ4n) is 2.77. The van der Waals surface area contributed by atoms with Gasteiger partial charge in [0.1, 0.15) is 10.1 Å². The maximum Gasteiger partial charge on any atom is 0.226 e. The number of nitrogens with one attached hydrogen (secondary N) is 1. The molecule has 23 heavy (non-hydrogen) atoms.